The smallest absolute Gasteiger partial charge is 0.376 e. The third-order valence-corrected chi connectivity index (χ3v) is 4.01. The van der Waals surface area contributed by atoms with Gasteiger partial charge in [0.05, 0.1) is 17.3 Å². The van der Waals surface area contributed by atoms with Crippen LogP contribution in [-0.2, 0) is 14.5 Å². The molecule has 0 saturated heterocycles. The highest BCUT2D eigenvalue weighted by atomic mass is 16.7. The van der Waals surface area contributed by atoms with Crippen LogP contribution in [0.4, 0.5) is 0 Å². The van der Waals surface area contributed by atoms with E-state index in [0.717, 1.165) is 30.7 Å². The van der Waals surface area contributed by atoms with Crippen LogP contribution in [0.5, 0.6) is 0 Å². The molecule has 1 heterocycles. The monoisotopic (exact) mass is 266 g/mol. The van der Waals surface area contributed by atoms with Crippen LogP contribution in [0, 0.1) is 11.8 Å². The van der Waals surface area contributed by atoms with Gasteiger partial charge in [0.1, 0.15) is 0 Å². The lowest BCUT2D eigenvalue weighted by molar-refractivity contribution is -0.172. The van der Waals surface area contributed by atoms with Crippen LogP contribution in [-0.4, -0.2) is 23.0 Å². The summed E-state index contributed by atoms with van der Waals surface area (Å²) in [5.41, 5.74) is 0.852. The molecule has 1 fully saturated rings. The maximum absolute atomic E-state index is 12.3. The lowest BCUT2D eigenvalue weighted by atomic mass is 9.83. The molecule has 1 aliphatic carbocycles. The van der Waals surface area contributed by atoms with Gasteiger partial charge in [-0.2, -0.15) is 0 Å². The van der Waals surface area contributed by atoms with Crippen molar-refractivity contribution in [2.24, 2.45) is 22.1 Å². The van der Waals surface area contributed by atoms with Gasteiger partial charge in [-0.25, -0.2) is 4.79 Å². The molecule has 1 aliphatic heterocycles. The Morgan fingerprint density at radius 3 is 3.00 bits per heavy atom. The van der Waals surface area contributed by atoms with E-state index in [2.05, 4.69) is 24.2 Å². The van der Waals surface area contributed by atoms with E-state index in [4.69, 9.17) is 9.68 Å². The Kier molecular flexibility index (Phi) is 3.92. The van der Waals surface area contributed by atoms with E-state index >= 15 is 0 Å². The van der Waals surface area contributed by atoms with E-state index in [0.29, 0.717) is 12.3 Å². The first-order valence-corrected chi connectivity index (χ1v) is 7.02. The van der Waals surface area contributed by atoms with Gasteiger partial charge in [-0.15, -0.1) is 0 Å². The lowest BCUT2D eigenvalue weighted by Gasteiger charge is -2.23. The standard InChI is InChI=1S/C14H22N2O3/c1-5-10(4)15-18-13(17)14-8-6-7-11(14)12(9(2)3)16-19-14/h9,11H,5-8H2,1-4H3/b15-10+. The highest BCUT2D eigenvalue weighted by Gasteiger charge is 2.59. The Balaban J connectivity index is 2.13. The molecule has 0 spiro atoms. The highest BCUT2D eigenvalue weighted by Crippen LogP contribution is 2.46. The Hall–Kier alpha value is -1.39. The average Bonchev–Trinajstić information content (AvgIpc) is 2.93. The van der Waals surface area contributed by atoms with E-state index in [-0.39, 0.29) is 5.92 Å². The average molecular weight is 266 g/mol. The molecule has 5 heteroatoms. The molecule has 2 rings (SSSR count). The van der Waals surface area contributed by atoms with E-state index in [1.807, 2.05) is 13.8 Å². The van der Waals surface area contributed by atoms with E-state index < -0.39 is 11.6 Å². The van der Waals surface area contributed by atoms with Gasteiger partial charge < -0.3 is 9.68 Å². The minimum atomic E-state index is -0.920. The molecule has 5 nitrogen and oxygen atoms in total. The van der Waals surface area contributed by atoms with Crippen molar-refractivity contribution in [1.29, 1.82) is 0 Å². The minimum absolute atomic E-state index is 0.0529. The zero-order chi connectivity index (χ0) is 14.0. The topological polar surface area (TPSA) is 60.2 Å². The van der Waals surface area contributed by atoms with Crippen molar-refractivity contribution in [2.45, 2.75) is 59.0 Å². The number of carbonyl (C=O) groups excluding carboxylic acids is 1. The fourth-order valence-corrected chi connectivity index (χ4v) is 2.72. The van der Waals surface area contributed by atoms with Gasteiger partial charge in [-0.1, -0.05) is 31.1 Å². The van der Waals surface area contributed by atoms with E-state index in [1.54, 1.807) is 0 Å². The second kappa shape index (κ2) is 5.31. The Labute approximate surface area is 114 Å². The molecule has 2 atom stereocenters. The van der Waals surface area contributed by atoms with Gasteiger partial charge in [-0.05, 0) is 32.1 Å². The van der Waals surface area contributed by atoms with Crippen LogP contribution in [0.1, 0.15) is 53.4 Å². The fraction of sp³-hybridized carbons (Fsp3) is 0.786. The van der Waals surface area contributed by atoms with Crippen LogP contribution < -0.4 is 0 Å². The number of hydrogen-bond donors (Lipinski definition) is 0. The highest BCUT2D eigenvalue weighted by molar-refractivity contribution is 5.97. The third kappa shape index (κ3) is 2.38. The predicted octanol–water partition coefficient (Wildman–Crippen LogP) is 2.90. The molecular formula is C14H22N2O3. The number of nitrogens with zero attached hydrogens (tertiary/aromatic N) is 2. The van der Waals surface area contributed by atoms with Crippen LogP contribution in [0.25, 0.3) is 0 Å². The van der Waals surface area contributed by atoms with Crippen LogP contribution in [0.3, 0.4) is 0 Å². The summed E-state index contributed by atoms with van der Waals surface area (Å²) in [6.45, 7) is 7.95. The second-order valence-electron chi connectivity index (χ2n) is 5.66. The fourth-order valence-electron chi connectivity index (χ4n) is 2.72. The maximum Gasteiger partial charge on any atom is 0.381 e. The predicted molar refractivity (Wildman–Crippen MR) is 72.9 cm³/mol. The summed E-state index contributed by atoms with van der Waals surface area (Å²) in [7, 11) is 0. The van der Waals surface area contributed by atoms with Crippen molar-refractivity contribution in [2.75, 3.05) is 0 Å². The number of oxime groups is 2. The Morgan fingerprint density at radius 1 is 1.63 bits per heavy atom. The third-order valence-electron chi connectivity index (χ3n) is 4.01. The first-order valence-electron chi connectivity index (χ1n) is 7.02. The van der Waals surface area contributed by atoms with Gasteiger partial charge in [-0.3, -0.25) is 0 Å². The number of hydrogen-bond acceptors (Lipinski definition) is 5. The maximum atomic E-state index is 12.3. The van der Waals surface area contributed by atoms with Crippen molar-refractivity contribution < 1.29 is 14.5 Å². The Morgan fingerprint density at radius 2 is 2.37 bits per heavy atom. The van der Waals surface area contributed by atoms with Crippen molar-refractivity contribution in [3.05, 3.63) is 0 Å². The summed E-state index contributed by atoms with van der Waals surface area (Å²) in [4.78, 5) is 22.9. The Bertz CT molecular complexity index is 428. The first kappa shape index (κ1) is 14.0. The van der Waals surface area contributed by atoms with Gasteiger partial charge in [0.15, 0.2) is 0 Å². The molecule has 0 bridgehead atoms. The quantitative estimate of drug-likeness (QED) is 0.446. The van der Waals surface area contributed by atoms with Crippen molar-refractivity contribution in [1.82, 2.24) is 0 Å². The molecule has 0 aromatic carbocycles. The molecule has 0 aromatic rings. The normalized spacial score (nSPS) is 30.1. The van der Waals surface area contributed by atoms with E-state index in [9.17, 15) is 4.79 Å². The van der Waals surface area contributed by atoms with Crippen molar-refractivity contribution in [3.8, 4) is 0 Å². The van der Waals surface area contributed by atoms with Gasteiger partial charge in [0, 0.05) is 6.42 Å². The molecular weight excluding hydrogens is 244 g/mol. The molecule has 0 radical (unpaired) electrons. The summed E-state index contributed by atoms with van der Waals surface area (Å²) < 4.78 is 0. The summed E-state index contributed by atoms with van der Waals surface area (Å²) >= 11 is 0. The largest absolute Gasteiger partial charge is 0.381 e. The molecule has 0 N–H and O–H groups in total. The number of rotatable bonds is 4. The summed E-state index contributed by atoms with van der Waals surface area (Å²) in [5.74, 6) is -0.0574. The lowest BCUT2D eigenvalue weighted by Crippen LogP contribution is -2.44. The summed E-state index contributed by atoms with van der Waals surface area (Å²) in [5, 5.41) is 7.98. The van der Waals surface area contributed by atoms with Gasteiger partial charge >= 0.3 is 5.97 Å². The molecule has 19 heavy (non-hydrogen) atoms. The first-order chi connectivity index (χ1) is 9.01. The van der Waals surface area contributed by atoms with E-state index in [1.165, 1.54) is 0 Å². The summed E-state index contributed by atoms with van der Waals surface area (Å²) in [6.07, 6.45) is 3.32. The molecule has 1 saturated carbocycles. The zero-order valence-corrected chi connectivity index (χ0v) is 12.1. The zero-order valence-electron chi connectivity index (χ0n) is 12.1. The van der Waals surface area contributed by atoms with Crippen molar-refractivity contribution in [3.63, 3.8) is 0 Å². The SMILES string of the molecule is CC/C(C)=N/OC(=O)C12CCCC1C(C(C)C)=NO2. The number of fused-ring (bicyclic) bond motifs is 1. The van der Waals surface area contributed by atoms with Crippen LogP contribution in [0.2, 0.25) is 0 Å². The second-order valence-corrected chi connectivity index (χ2v) is 5.66. The summed E-state index contributed by atoms with van der Waals surface area (Å²) in [6, 6.07) is 0. The molecule has 106 valence electrons. The van der Waals surface area contributed by atoms with Crippen LogP contribution in [0.15, 0.2) is 10.3 Å². The number of carbonyl (C=O) groups is 1. The molecule has 2 unspecified atom stereocenters. The van der Waals surface area contributed by atoms with Crippen LogP contribution >= 0.6 is 0 Å². The molecule has 2 aliphatic rings. The van der Waals surface area contributed by atoms with Crippen molar-refractivity contribution >= 4 is 17.4 Å². The van der Waals surface area contributed by atoms with Gasteiger partial charge in [0.25, 0.3) is 0 Å². The minimum Gasteiger partial charge on any atom is -0.376 e. The molecule has 0 amide bonds. The van der Waals surface area contributed by atoms with Gasteiger partial charge in [0.2, 0.25) is 5.60 Å². The molecule has 0 aromatic heterocycles.